The van der Waals surface area contributed by atoms with Crippen molar-refractivity contribution in [2.75, 3.05) is 0 Å². The number of rotatable bonds is 4. The fraction of sp³-hybridized carbons (Fsp3) is 0.0526. The van der Waals surface area contributed by atoms with E-state index >= 15 is 0 Å². The first-order valence-electron chi connectivity index (χ1n) is 7.45. The molecule has 0 spiro atoms. The number of oxime groups is 1. The molecular weight excluding hydrogens is 322 g/mol. The van der Waals surface area contributed by atoms with E-state index in [0.717, 1.165) is 22.5 Å². The Balaban J connectivity index is 2.09. The van der Waals surface area contributed by atoms with Gasteiger partial charge in [-0.1, -0.05) is 47.1 Å². The van der Waals surface area contributed by atoms with Crippen LogP contribution in [0.2, 0.25) is 5.02 Å². The van der Waals surface area contributed by atoms with E-state index in [1.165, 1.54) is 0 Å². The fourth-order valence-corrected chi connectivity index (χ4v) is 2.42. The summed E-state index contributed by atoms with van der Waals surface area (Å²) in [6.45, 7) is 1.72. The second kappa shape index (κ2) is 7.15. The van der Waals surface area contributed by atoms with Gasteiger partial charge in [0.15, 0.2) is 0 Å². The SMILES string of the molecule is CC(C=Cc1cn(-c2ccccc2)nc1-c1ccc(Cl)cc1)=NO. The molecule has 0 amide bonds. The average molecular weight is 338 g/mol. The zero-order valence-corrected chi connectivity index (χ0v) is 13.9. The first-order chi connectivity index (χ1) is 11.7. The minimum absolute atomic E-state index is 0.518. The van der Waals surface area contributed by atoms with Crippen LogP contribution in [0.25, 0.3) is 23.0 Å². The summed E-state index contributed by atoms with van der Waals surface area (Å²) in [5, 5.41) is 17.4. The van der Waals surface area contributed by atoms with E-state index in [2.05, 4.69) is 5.16 Å². The molecular formula is C19H16ClN3O. The molecule has 3 aromatic rings. The number of hydrogen-bond acceptors (Lipinski definition) is 3. The number of nitrogens with zero attached hydrogens (tertiary/aromatic N) is 3. The Morgan fingerprint density at radius 3 is 2.50 bits per heavy atom. The van der Waals surface area contributed by atoms with Gasteiger partial charge in [-0.05, 0) is 43.3 Å². The maximum Gasteiger partial charge on any atom is 0.0999 e. The third kappa shape index (κ3) is 3.55. The van der Waals surface area contributed by atoms with Crippen LogP contribution in [-0.2, 0) is 0 Å². The Morgan fingerprint density at radius 1 is 1.12 bits per heavy atom. The van der Waals surface area contributed by atoms with Crippen LogP contribution in [0.5, 0.6) is 0 Å². The van der Waals surface area contributed by atoms with Gasteiger partial charge in [-0.2, -0.15) is 5.10 Å². The van der Waals surface area contributed by atoms with Crippen LogP contribution >= 0.6 is 11.6 Å². The van der Waals surface area contributed by atoms with Crippen molar-refractivity contribution in [3.63, 3.8) is 0 Å². The van der Waals surface area contributed by atoms with Crippen molar-refractivity contribution in [3.05, 3.63) is 77.5 Å². The van der Waals surface area contributed by atoms with Gasteiger partial charge in [0.1, 0.15) is 0 Å². The molecule has 4 nitrogen and oxygen atoms in total. The molecule has 0 aliphatic carbocycles. The third-order valence-corrected chi connectivity index (χ3v) is 3.79. The van der Waals surface area contributed by atoms with Crippen molar-refractivity contribution in [2.24, 2.45) is 5.16 Å². The zero-order valence-electron chi connectivity index (χ0n) is 13.1. The zero-order chi connectivity index (χ0) is 16.9. The summed E-state index contributed by atoms with van der Waals surface area (Å²) < 4.78 is 1.83. The highest BCUT2D eigenvalue weighted by atomic mass is 35.5. The lowest BCUT2D eigenvalue weighted by Crippen LogP contribution is -1.93. The standard InChI is InChI=1S/C19H16ClN3O/c1-14(22-24)7-8-16-13-23(18-5-3-2-4-6-18)21-19(16)15-9-11-17(20)12-10-15/h2-13,24H,1H3. The Hall–Kier alpha value is -2.85. The van der Waals surface area contributed by atoms with Gasteiger partial charge in [0.25, 0.3) is 0 Å². The van der Waals surface area contributed by atoms with Gasteiger partial charge < -0.3 is 5.21 Å². The minimum atomic E-state index is 0.518. The lowest BCUT2D eigenvalue weighted by atomic mass is 10.1. The van der Waals surface area contributed by atoms with Gasteiger partial charge in [-0.3, -0.25) is 0 Å². The van der Waals surface area contributed by atoms with E-state index in [-0.39, 0.29) is 0 Å². The average Bonchev–Trinajstić information content (AvgIpc) is 3.05. The summed E-state index contributed by atoms with van der Waals surface area (Å²) in [6.07, 6.45) is 5.57. The predicted octanol–water partition coefficient (Wildman–Crippen LogP) is 5.06. The minimum Gasteiger partial charge on any atom is -0.411 e. The van der Waals surface area contributed by atoms with Crippen molar-refractivity contribution >= 4 is 23.4 Å². The van der Waals surface area contributed by atoms with Gasteiger partial charge in [0.05, 0.1) is 17.1 Å². The van der Waals surface area contributed by atoms with Crippen molar-refractivity contribution in [1.29, 1.82) is 0 Å². The largest absolute Gasteiger partial charge is 0.411 e. The number of benzene rings is 2. The second-order valence-electron chi connectivity index (χ2n) is 5.29. The smallest absolute Gasteiger partial charge is 0.0999 e. The molecule has 0 atom stereocenters. The third-order valence-electron chi connectivity index (χ3n) is 3.54. The Labute approximate surface area is 145 Å². The molecule has 0 aliphatic heterocycles. The summed E-state index contributed by atoms with van der Waals surface area (Å²) >= 11 is 5.98. The summed E-state index contributed by atoms with van der Waals surface area (Å²) in [5.74, 6) is 0. The Morgan fingerprint density at radius 2 is 1.83 bits per heavy atom. The summed E-state index contributed by atoms with van der Waals surface area (Å²) in [6, 6.07) is 17.4. The first kappa shape index (κ1) is 16.0. The lowest BCUT2D eigenvalue weighted by molar-refractivity contribution is 0.319. The number of aromatic nitrogens is 2. The van der Waals surface area contributed by atoms with Crippen LogP contribution < -0.4 is 0 Å². The number of allylic oxidation sites excluding steroid dienone is 1. The second-order valence-corrected chi connectivity index (χ2v) is 5.73. The van der Waals surface area contributed by atoms with E-state index in [1.807, 2.05) is 71.6 Å². The maximum absolute atomic E-state index is 8.81. The number of para-hydroxylation sites is 1. The molecule has 120 valence electrons. The van der Waals surface area contributed by atoms with Crippen LogP contribution in [0, 0.1) is 0 Å². The number of hydrogen-bond donors (Lipinski definition) is 1. The molecule has 24 heavy (non-hydrogen) atoms. The molecule has 2 aromatic carbocycles. The van der Waals surface area contributed by atoms with Gasteiger partial charge in [0, 0.05) is 22.3 Å². The summed E-state index contributed by atoms with van der Waals surface area (Å²) in [5.41, 5.74) is 4.21. The molecule has 1 N–H and O–H groups in total. The van der Waals surface area contributed by atoms with Crippen LogP contribution in [0.15, 0.2) is 72.0 Å². The van der Waals surface area contributed by atoms with Gasteiger partial charge >= 0.3 is 0 Å². The van der Waals surface area contributed by atoms with Crippen molar-refractivity contribution < 1.29 is 5.21 Å². The van der Waals surface area contributed by atoms with E-state index < -0.39 is 0 Å². The van der Waals surface area contributed by atoms with Gasteiger partial charge in [-0.15, -0.1) is 0 Å². The molecule has 0 fully saturated rings. The molecule has 3 rings (SSSR count). The summed E-state index contributed by atoms with van der Waals surface area (Å²) in [4.78, 5) is 0. The first-order valence-corrected chi connectivity index (χ1v) is 7.83. The van der Waals surface area contributed by atoms with Crippen molar-refractivity contribution in [3.8, 4) is 16.9 Å². The van der Waals surface area contributed by atoms with E-state index in [9.17, 15) is 0 Å². The quantitative estimate of drug-likeness (QED) is 0.411. The van der Waals surface area contributed by atoms with Crippen LogP contribution in [0.3, 0.4) is 0 Å². The molecule has 0 saturated heterocycles. The highest BCUT2D eigenvalue weighted by molar-refractivity contribution is 6.30. The van der Waals surface area contributed by atoms with Crippen LogP contribution in [0.1, 0.15) is 12.5 Å². The monoisotopic (exact) mass is 337 g/mol. The van der Waals surface area contributed by atoms with Crippen molar-refractivity contribution in [2.45, 2.75) is 6.92 Å². The molecule has 0 bridgehead atoms. The molecule has 0 saturated carbocycles. The van der Waals surface area contributed by atoms with E-state index in [1.54, 1.807) is 13.0 Å². The highest BCUT2D eigenvalue weighted by Crippen LogP contribution is 2.26. The fourth-order valence-electron chi connectivity index (χ4n) is 2.30. The molecule has 0 radical (unpaired) electrons. The molecule has 5 heteroatoms. The highest BCUT2D eigenvalue weighted by Gasteiger charge is 2.10. The molecule has 1 heterocycles. The lowest BCUT2D eigenvalue weighted by Gasteiger charge is -2.00. The predicted molar refractivity (Wildman–Crippen MR) is 97.9 cm³/mol. The Kier molecular flexibility index (Phi) is 4.77. The van der Waals surface area contributed by atoms with Gasteiger partial charge in [-0.25, -0.2) is 4.68 Å². The van der Waals surface area contributed by atoms with Crippen LogP contribution in [-0.4, -0.2) is 20.7 Å². The molecule has 0 unspecified atom stereocenters. The van der Waals surface area contributed by atoms with Crippen LogP contribution in [0.4, 0.5) is 0 Å². The van der Waals surface area contributed by atoms with Crippen molar-refractivity contribution in [1.82, 2.24) is 9.78 Å². The van der Waals surface area contributed by atoms with E-state index in [4.69, 9.17) is 21.9 Å². The number of halogens is 1. The normalized spacial score (nSPS) is 12.0. The Bertz CT molecular complexity index is 881. The molecule has 1 aromatic heterocycles. The maximum atomic E-state index is 8.81. The van der Waals surface area contributed by atoms with Gasteiger partial charge in [0.2, 0.25) is 0 Å². The summed E-state index contributed by atoms with van der Waals surface area (Å²) in [7, 11) is 0. The molecule has 0 aliphatic rings. The van der Waals surface area contributed by atoms with E-state index in [0.29, 0.717) is 10.7 Å². The topological polar surface area (TPSA) is 50.4 Å².